The van der Waals surface area contributed by atoms with Crippen molar-refractivity contribution in [3.63, 3.8) is 0 Å². The first-order chi connectivity index (χ1) is 9.10. The predicted octanol–water partition coefficient (Wildman–Crippen LogP) is 1.17. The largest absolute Gasteiger partial charge is 0.396 e. The number of nitrogens with two attached hydrogens (primary N) is 1. The molecule has 0 aliphatic carbocycles. The lowest BCUT2D eigenvalue weighted by Crippen LogP contribution is -2.32. The van der Waals surface area contributed by atoms with Crippen molar-refractivity contribution < 1.29 is 9.50 Å². The summed E-state index contributed by atoms with van der Waals surface area (Å²) in [6.07, 6.45) is 2.26. The van der Waals surface area contributed by atoms with E-state index in [-0.39, 0.29) is 24.4 Å². The predicted molar refractivity (Wildman–Crippen MR) is 71.9 cm³/mol. The van der Waals surface area contributed by atoms with Gasteiger partial charge in [-0.2, -0.15) is 0 Å². The second-order valence-electron chi connectivity index (χ2n) is 5.50. The lowest BCUT2D eigenvalue weighted by Gasteiger charge is -2.25. The molecule has 1 aromatic rings. The van der Waals surface area contributed by atoms with Gasteiger partial charge in [-0.05, 0) is 36.9 Å². The summed E-state index contributed by atoms with van der Waals surface area (Å²) in [4.78, 5) is 6.37. The SMILES string of the molecule is CC(CN1CCC(CO)C1)C(N)c1ccc(F)cn1. The van der Waals surface area contributed by atoms with E-state index in [1.165, 1.54) is 12.3 Å². The number of pyridine rings is 1. The van der Waals surface area contributed by atoms with E-state index < -0.39 is 0 Å². The van der Waals surface area contributed by atoms with E-state index in [9.17, 15) is 4.39 Å². The third-order valence-electron chi connectivity index (χ3n) is 3.88. The average molecular weight is 267 g/mol. The number of nitrogens with zero attached hydrogens (tertiary/aromatic N) is 2. The number of likely N-dealkylation sites (tertiary alicyclic amines) is 1. The van der Waals surface area contributed by atoms with Gasteiger partial charge in [0.05, 0.1) is 17.9 Å². The smallest absolute Gasteiger partial charge is 0.141 e. The van der Waals surface area contributed by atoms with Crippen LogP contribution in [0.4, 0.5) is 4.39 Å². The summed E-state index contributed by atoms with van der Waals surface area (Å²) in [6, 6.07) is 2.86. The van der Waals surface area contributed by atoms with Gasteiger partial charge in [0, 0.05) is 19.7 Å². The highest BCUT2D eigenvalue weighted by Gasteiger charge is 2.25. The number of hydrogen-bond acceptors (Lipinski definition) is 4. The molecule has 4 nitrogen and oxygen atoms in total. The molecule has 3 unspecified atom stereocenters. The number of rotatable bonds is 5. The average Bonchev–Trinajstić information content (AvgIpc) is 2.86. The maximum Gasteiger partial charge on any atom is 0.141 e. The van der Waals surface area contributed by atoms with Gasteiger partial charge in [-0.25, -0.2) is 4.39 Å². The molecule has 0 spiro atoms. The van der Waals surface area contributed by atoms with Crippen LogP contribution in [0.25, 0.3) is 0 Å². The topological polar surface area (TPSA) is 62.4 Å². The van der Waals surface area contributed by atoms with Crippen LogP contribution in [0, 0.1) is 17.7 Å². The monoisotopic (exact) mass is 267 g/mol. The third kappa shape index (κ3) is 3.72. The molecule has 1 aromatic heterocycles. The van der Waals surface area contributed by atoms with Gasteiger partial charge in [-0.15, -0.1) is 0 Å². The standard InChI is InChI=1S/C14H22FN3O/c1-10(7-18-5-4-11(8-18)9-19)14(16)13-3-2-12(15)6-17-13/h2-3,6,10-11,14,19H,4-5,7-9,16H2,1H3. The van der Waals surface area contributed by atoms with Crippen LogP contribution in [0.1, 0.15) is 25.1 Å². The van der Waals surface area contributed by atoms with Crippen molar-refractivity contribution in [2.75, 3.05) is 26.2 Å². The second kappa shape index (κ2) is 6.41. The Morgan fingerprint density at radius 1 is 1.58 bits per heavy atom. The molecule has 2 rings (SSSR count). The Balaban J connectivity index is 1.89. The van der Waals surface area contributed by atoms with E-state index in [1.807, 2.05) is 0 Å². The molecule has 1 aliphatic rings. The summed E-state index contributed by atoms with van der Waals surface area (Å²) in [7, 11) is 0. The fourth-order valence-electron chi connectivity index (χ4n) is 2.62. The minimum absolute atomic E-state index is 0.186. The van der Waals surface area contributed by atoms with Gasteiger partial charge in [0.1, 0.15) is 5.82 Å². The van der Waals surface area contributed by atoms with Crippen LogP contribution in [-0.2, 0) is 0 Å². The minimum atomic E-state index is -0.339. The van der Waals surface area contributed by atoms with Gasteiger partial charge in [-0.3, -0.25) is 4.98 Å². The van der Waals surface area contributed by atoms with Crippen LogP contribution in [0.5, 0.6) is 0 Å². The first kappa shape index (κ1) is 14.4. The summed E-state index contributed by atoms with van der Waals surface area (Å²) < 4.78 is 12.8. The molecule has 2 heterocycles. The van der Waals surface area contributed by atoms with E-state index in [0.29, 0.717) is 5.92 Å². The first-order valence-corrected chi connectivity index (χ1v) is 6.80. The minimum Gasteiger partial charge on any atom is -0.396 e. The summed E-state index contributed by atoms with van der Waals surface area (Å²) in [6.45, 7) is 5.18. The maximum atomic E-state index is 12.8. The van der Waals surface area contributed by atoms with E-state index >= 15 is 0 Å². The van der Waals surface area contributed by atoms with Crippen molar-refractivity contribution in [1.29, 1.82) is 0 Å². The van der Waals surface area contributed by atoms with Crippen molar-refractivity contribution in [3.8, 4) is 0 Å². The van der Waals surface area contributed by atoms with E-state index in [0.717, 1.165) is 31.7 Å². The number of halogens is 1. The molecule has 5 heteroatoms. The highest BCUT2D eigenvalue weighted by Crippen LogP contribution is 2.22. The van der Waals surface area contributed by atoms with E-state index in [1.54, 1.807) is 6.07 Å². The Hall–Kier alpha value is -1.04. The maximum absolute atomic E-state index is 12.8. The zero-order chi connectivity index (χ0) is 13.8. The van der Waals surface area contributed by atoms with E-state index in [2.05, 4.69) is 16.8 Å². The van der Waals surface area contributed by atoms with Gasteiger partial charge in [0.15, 0.2) is 0 Å². The zero-order valence-corrected chi connectivity index (χ0v) is 11.3. The molecule has 1 saturated heterocycles. The highest BCUT2D eigenvalue weighted by molar-refractivity contribution is 5.10. The number of aromatic nitrogens is 1. The van der Waals surface area contributed by atoms with Crippen molar-refractivity contribution >= 4 is 0 Å². The van der Waals surface area contributed by atoms with Crippen molar-refractivity contribution in [1.82, 2.24) is 9.88 Å². The van der Waals surface area contributed by atoms with Gasteiger partial charge < -0.3 is 15.7 Å². The molecule has 3 atom stereocenters. The Bertz CT molecular complexity index is 398. The van der Waals surface area contributed by atoms with Gasteiger partial charge in [0.2, 0.25) is 0 Å². The van der Waals surface area contributed by atoms with Crippen LogP contribution >= 0.6 is 0 Å². The van der Waals surface area contributed by atoms with Crippen molar-refractivity contribution in [2.45, 2.75) is 19.4 Å². The van der Waals surface area contributed by atoms with Crippen LogP contribution in [0.3, 0.4) is 0 Å². The fraction of sp³-hybridized carbons (Fsp3) is 0.643. The molecule has 0 amide bonds. The molecule has 3 N–H and O–H groups in total. The van der Waals surface area contributed by atoms with E-state index in [4.69, 9.17) is 10.8 Å². The molecule has 0 bridgehead atoms. The molecular formula is C14H22FN3O. The third-order valence-corrected chi connectivity index (χ3v) is 3.88. The molecule has 1 aliphatic heterocycles. The molecule has 0 saturated carbocycles. The second-order valence-corrected chi connectivity index (χ2v) is 5.50. The Morgan fingerprint density at radius 2 is 2.37 bits per heavy atom. The molecule has 19 heavy (non-hydrogen) atoms. The van der Waals surface area contributed by atoms with Gasteiger partial charge in [-0.1, -0.05) is 6.92 Å². The lowest BCUT2D eigenvalue weighted by atomic mass is 9.98. The fourth-order valence-corrected chi connectivity index (χ4v) is 2.62. The van der Waals surface area contributed by atoms with Crippen LogP contribution in [0.2, 0.25) is 0 Å². The zero-order valence-electron chi connectivity index (χ0n) is 11.3. The summed E-state index contributed by atoms with van der Waals surface area (Å²) in [5.74, 6) is 0.303. The Morgan fingerprint density at radius 3 is 2.95 bits per heavy atom. The number of hydrogen-bond donors (Lipinski definition) is 2. The van der Waals surface area contributed by atoms with Gasteiger partial charge in [0.25, 0.3) is 0 Å². The Kier molecular flexibility index (Phi) is 4.85. The summed E-state index contributed by atoms with van der Waals surface area (Å²) >= 11 is 0. The molecule has 0 radical (unpaired) electrons. The summed E-state index contributed by atoms with van der Waals surface area (Å²) in [5, 5.41) is 9.13. The number of aliphatic hydroxyl groups excluding tert-OH is 1. The highest BCUT2D eigenvalue weighted by atomic mass is 19.1. The number of aliphatic hydroxyl groups is 1. The Labute approximate surface area is 113 Å². The van der Waals surface area contributed by atoms with Crippen LogP contribution in [0.15, 0.2) is 18.3 Å². The van der Waals surface area contributed by atoms with Crippen molar-refractivity contribution in [2.24, 2.45) is 17.6 Å². The molecule has 106 valence electrons. The summed E-state index contributed by atoms with van der Waals surface area (Å²) in [5.41, 5.74) is 6.90. The first-order valence-electron chi connectivity index (χ1n) is 6.80. The lowest BCUT2D eigenvalue weighted by molar-refractivity contribution is 0.209. The normalized spacial score (nSPS) is 23.5. The van der Waals surface area contributed by atoms with Crippen molar-refractivity contribution in [3.05, 3.63) is 29.8 Å². The quantitative estimate of drug-likeness (QED) is 0.840. The van der Waals surface area contributed by atoms with Gasteiger partial charge >= 0.3 is 0 Å². The molecular weight excluding hydrogens is 245 g/mol. The molecule has 0 aromatic carbocycles. The van der Waals surface area contributed by atoms with Crippen LogP contribution in [-0.4, -0.2) is 41.2 Å². The van der Waals surface area contributed by atoms with Crippen LogP contribution < -0.4 is 5.73 Å². The molecule has 1 fully saturated rings.